The van der Waals surface area contributed by atoms with Crippen LogP contribution in [0.4, 0.5) is 5.69 Å². The third kappa shape index (κ3) is 4.30. The number of pyridine rings is 1. The van der Waals surface area contributed by atoms with Gasteiger partial charge in [0, 0.05) is 30.1 Å². The van der Waals surface area contributed by atoms with Crippen molar-refractivity contribution in [1.82, 2.24) is 14.4 Å². The van der Waals surface area contributed by atoms with Crippen molar-refractivity contribution in [2.75, 3.05) is 5.32 Å². The van der Waals surface area contributed by atoms with E-state index < -0.39 is 0 Å². The molecule has 1 aromatic carbocycles. The van der Waals surface area contributed by atoms with Crippen molar-refractivity contribution in [2.45, 2.75) is 33.3 Å². The quantitative estimate of drug-likeness (QED) is 0.486. The van der Waals surface area contributed by atoms with E-state index in [2.05, 4.69) is 29.1 Å². The molecule has 3 heterocycles. The first-order valence-corrected chi connectivity index (χ1v) is 10.3. The van der Waals surface area contributed by atoms with Crippen molar-refractivity contribution in [3.8, 4) is 5.75 Å². The lowest BCUT2D eigenvalue weighted by Gasteiger charge is -2.08. The fourth-order valence-electron chi connectivity index (χ4n) is 2.94. The number of imidazole rings is 1. The van der Waals surface area contributed by atoms with Crippen LogP contribution >= 0.6 is 11.3 Å². The van der Waals surface area contributed by atoms with Gasteiger partial charge < -0.3 is 14.5 Å². The molecule has 0 aliphatic heterocycles. The summed E-state index contributed by atoms with van der Waals surface area (Å²) in [5, 5.41) is 3.91. The van der Waals surface area contributed by atoms with Crippen LogP contribution in [0.1, 0.15) is 45.8 Å². The molecule has 0 saturated heterocycles. The van der Waals surface area contributed by atoms with E-state index in [4.69, 9.17) is 4.74 Å². The highest BCUT2D eigenvalue weighted by Crippen LogP contribution is 2.26. The maximum absolute atomic E-state index is 12.7. The van der Waals surface area contributed by atoms with Crippen LogP contribution in [0.15, 0.2) is 54.9 Å². The number of fused-ring (bicyclic) bond motifs is 1. The summed E-state index contributed by atoms with van der Waals surface area (Å²) in [5.74, 6) is 0.824. The Morgan fingerprint density at radius 1 is 1.21 bits per heavy atom. The van der Waals surface area contributed by atoms with Gasteiger partial charge in [-0.3, -0.25) is 4.79 Å². The molecule has 4 aromatic rings. The molecule has 0 aliphatic carbocycles. The van der Waals surface area contributed by atoms with Crippen LogP contribution < -0.4 is 10.1 Å². The summed E-state index contributed by atoms with van der Waals surface area (Å²) in [5.41, 5.74) is 3.16. The van der Waals surface area contributed by atoms with E-state index in [-0.39, 0.29) is 5.91 Å². The molecular weight excluding hydrogens is 384 g/mol. The summed E-state index contributed by atoms with van der Waals surface area (Å²) in [4.78, 5) is 22.3. The van der Waals surface area contributed by atoms with E-state index in [9.17, 15) is 4.79 Å². The number of rotatable bonds is 6. The van der Waals surface area contributed by atoms with E-state index in [0.717, 1.165) is 22.0 Å². The topological polar surface area (TPSA) is 68.5 Å². The Morgan fingerprint density at radius 2 is 2.07 bits per heavy atom. The zero-order valence-electron chi connectivity index (χ0n) is 16.5. The minimum absolute atomic E-state index is 0.149. The van der Waals surface area contributed by atoms with Crippen molar-refractivity contribution in [1.29, 1.82) is 0 Å². The number of ether oxygens (including phenoxy) is 1. The molecule has 0 aliphatic rings. The lowest BCUT2D eigenvalue weighted by atomic mass is 10.2. The number of anilines is 1. The first-order valence-electron chi connectivity index (χ1n) is 9.44. The van der Waals surface area contributed by atoms with Crippen LogP contribution in [0.25, 0.3) is 5.65 Å². The molecule has 0 atom stereocenters. The number of carbonyl (C=O) groups excluding carboxylic acids is 1. The summed E-state index contributed by atoms with van der Waals surface area (Å²) in [7, 11) is 0. The molecule has 7 heteroatoms. The highest BCUT2D eigenvalue weighted by atomic mass is 32.1. The molecule has 4 rings (SSSR count). The van der Waals surface area contributed by atoms with Gasteiger partial charge in [0.05, 0.1) is 16.4 Å². The van der Waals surface area contributed by atoms with Crippen LogP contribution in [0.5, 0.6) is 5.75 Å². The Bertz CT molecular complexity index is 1130. The summed E-state index contributed by atoms with van der Waals surface area (Å²) in [6, 6.07) is 13.2. The lowest BCUT2D eigenvalue weighted by Crippen LogP contribution is -2.11. The van der Waals surface area contributed by atoms with Gasteiger partial charge in [-0.15, -0.1) is 11.3 Å². The van der Waals surface area contributed by atoms with Crippen molar-refractivity contribution in [3.63, 3.8) is 0 Å². The zero-order valence-corrected chi connectivity index (χ0v) is 17.4. The Kier molecular flexibility index (Phi) is 5.31. The highest BCUT2D eigenvalue weighted by molar-refractivity contribution is 7.14. The third-order valence-corrected chi connectivity index (χ3v) is 5.86. The van der Waals surface area contributed by atoms with Crippen molar-refractivity contribution in [2.24, 2.45) is 0 Å². The zero-order chi connectivity index (χ0) is 20.4. The number of aryl methyl sites for hydroxylation is 1. The minimum atomic E-state index is -0.149. The number of hydrogen-bond acceptors (Lipinski definition) is 5. The standard InChI is InChI=1S/C22H22N4O2S/c1-14(2)22-23-15(3)20(29-22)21(27)25-16-7-6-8-18(11-16)28-13-17-12-26-10-5-4-9-19(26)24-17/h4-12,14H,13H2,1-3H3,(H,25,27). The fraction of sp³-hybridized carbons (Fsp3) is 0.227. The summed E-state index contributed by atoms with van der Waals surface area (Å²) < 4.78 is 7.83. The van der Waals surface area contributed by atoms with Crippen LogP contribution in [0.2, 0.25) is 0 Å². The second-order valence-electron chi connectivity index (χ2n) is 7.09. The molecule has 29 heavy (non-hydrogen) atoms. The van der Waals surface area contributed by atoms with Crippen molar-refractivity contribution < 1.29 is 9.53 Å². The number of nitrogens with one attached hydrogen (secondary N) is 1. The molecule has 1 N–H and O–H groups in total. The average Bonchev–Trinajstić information content (AvgIpc) is 3.30. The fourth-order valence-corrected chi connectivity index (χ4v) is 3.90. The second kappa shape index (κ2) is 8.05. The van der Waals surface area contributed by atoms with Crippen LogP contribution in [0.3, 0.4) is 0 Å². The number of nitrogens with zero attached hydrogens (tertiary/aromatic N) is 3. The Hall–Kier alpha value is -3.19. The molecule has 0 fully saturated rings. The van der Waals surface area contributed by atoms with Gasteiger partial charge in [-0.05, 0) is 31.2 Å². The Balaban J connectivity index is 1.43. The highest BCUT2D eigenvalue weighted by Gasteiger charge is 2.17. The van der Waals surface area contributed by atoms with Crippen LogP contribution in [-0.2, 0) is 6.61 Å². The number of amides is 1. The molecule has 3 aromatic heterocycles. The van der Waals surface area contributed by atoms with Gasteiger partial charge in [0.2, 0.25) is 0 Å². The predicted molar refractivity (Wildman–Crippen MR) is 115 cm³/mol. The second-order valence-corrected chi connectivity index (χ2v) is 8.12. The molecule has 0 radical (unpaired) electrons. The number of thiazole rings is 1. The first kappa shape index (κ1) is 19.1. The summed E-state index contributed by atoms with van der Waals surface area (Å²) in [6.45, 7) is 6.37. The maximum atomic E-state index is 12.7. The SMILES string of the molecule is Cc1nc(C(C)C)sc1C(=O)Nc1cccc(OCc2cn3ccccc3n2)c1. The molecule has 0 saturated carbocycles. The van der Waals surface area contributed by atoms with Gasteiger partial charge >= 0.3 is 0 Å². The smallest absolute Gasteiger partial charge is 0.267 e. The molecule has 148 valence electrons. The van der Waals surface area contributed by atoms with Crippen molar-refractivity contribution in [3.05, 3.63) is 76.1 Å². The predicted octanol–water partition coefficient (Wildman–Crippen LogP) is 5.05. The number of benzene rings is 1. The Labute approximate surface area is 173 Å². The Morgan fingerprint density at radius 3 is 2.83 bits per heavy atom. The third-order valence-electron chi connectivity index (χ3n) is 4.41. The molecule has 0 bridgehead atoms. The van der Waals surface area contributed by atoms with E-state index >= 15 is 0 Å². The maximum Gasteiger partial charge on any atom is 0.267 e. The van der Waals surface area contributed by atoms with E-state index in [1.807, 2.05) is 66.2 Å². The first-order chi connectivity index (χ1) is 14.0. The average molecular weight is 407 g/mol. The number of hydrogen-bond donors (Lipinski definition) is 1. The molecule has 6 nitrogen and oxygen atoms in total. The van der Waals surface area contributed by atoms with Gasteiger partial charge in [0.1, 0.15) is 22.9 Å². The van der Waals surface area contributed by atoms with Gasteiger partial charge in [0.15, 0.2) is 0 Å². The molecule has 1 amide bonds. The minimum Gasteiger partial charge on any atom is -0.487 e. The summed E-state index contributed by atoms with van der Waals surface area (Å²) in [6.07, 6.45) is 3.90. The van der Waals surface area contributed by atoms with E-state index in [1.54, 1.807) is 0 Å². The lowest BCUT2D eigenvalue weighted by molar-refractivity contribution is 0.103. The van der Waals surface area contributed by atoms with Gasteiger partial charge in [-0.1, -0.05) is 26.0 Å². The largest absolute Gasteiger partial charge is 0.487 e. The van der Waals surface area contributed by atoms with Gasteiger partial charge in [0.25, 0.3) is 5.91 Å². The monoisotopic (exact) mass is 406 g/mol. The number of aromatic nitrogens is 3. The molecular formula is C22H22N4O2S. The number of carbonyl (C=O) groups is 1. The van der Waals surface area contributed by atoms with Gasteiger partial charge in [-0.25, -0.2) is 9.97 Å². The van der Waals surface area contributed by atoms with Crippen LogP contribution in [0, 0.1) is 6.92 Å². The van der Waals surface area contributed by atoms with Gasteiger partial charge in [-0.2, -0.15) is 0 Å². The summed E-state index contributed by atoms with van der Waals surface area (Å²) >= 11 is 1.44. The van der Waals surface area contributed by atoms with E-state index in [1.165, 1.54) is 11.3 Å². The van der Waals surface area contributed by atoms with Crippen LogP contribution in [-0.4, -0.2) is 20.3 Å². The molecule has 0 spiro atoms. The molecule has 0 unspecified atom stereocenters. The van der Waals surface area contributed by atoms with Crippen molar-refractivity contribution >= 4 is 28.6 Å². The van der Waals surface area contributed by atoms with E-state index in [0.29, 0.717) is 28.8 Å². The normalized spacial score (nSPS) is 11.2.